The summed E-state index contributed by atoms with van der Waals surface area (Å²) >= 11 is 0. The lowest BCUT2D eigenvalue weighted by atomic mass is 9.44. The van der Waals surface area contributed by atoms with Crippen molar-refractivity contribution >= 4 is 5.78 Å². The van der Waals surface area contributed by atoms with E-state index in [1.807, 2.05) is 6.92 Å². The number of fused-ring (bicyclic) bond motifs is 7. The Kier molecular flexibility index (Phi) is 26.2. The molecule has 21 N–H and O–H groups in total. The van der Waals surface area contributed by atoms with E-state index in [1.165, 1.54) is 6.92 Å². The summed E-state index contributed by atoms with van der Waals surface area (Å²) in [5.41, 5.74) is 0.114. The molecule has 12 aliphatic rings. The van der Waals surface area contributed by atoms with Gasteiger partial charge < -0.3 is 178 Å². The standard InChI is InChI=1S/C68H110O37/c1-22(20-91-60-50(85)46(81)41(76)32(15-69)96-60)6-9-30-23(2)39-31(95-30)13-29-27-8-7-25-12-26(10-11-67(25,4)28(27)14-38(74)68(29,39)5)94-63-54(89)49(84)56(36(19-73)100-63)103-66-59(105-65-53(88)48(83)43(78)34(17-71)98-65)58(44(79)35(18-72)99-66)104-61-55(90)57(102-64-52(87)47(82)42(77)33(16-70)97-64)37(21-92-61)101-62-51(86)45(80)40(75)24(3)93-62/h22,24-29,31-37,39-66,69-73,75-90H,6-21H2,1-5H3/t22-,24+,25+,26+,27-,28+,29+,31+,32-,33-,34-,35-,36-,37-,39+,40+,41-,42-,43-,44-,45-,46+,47+,48+,49-,50-,51-,52-,53-,54-,55-,56+,57+,58+,59-,60-,61+,62+,63-,64+,65+,66+,67+,68-/m1/s1. The van der Waals surface area contributed by atoms with E-state index in [9.17, 15) is 112 Å². The Labute approximate surface area is 604 Å². The molecule has 44 atom stereocenters. The Morgan fingerprint density at radius 3 is 1.57 bits per heavy atom. The molecule has 0 aromatic carbocycles. The minimum absolute atomic E-state index is 0.0454. The van der Waals surface area contributed by atoms with Crippen molar-refractivity contribution in [1.29, 1.82) is 0 Å². The number of carbonyl (C=O) groups excluding carboxylic acids is 1. The molecule has 12 rings (SSSR count). The largest absolute Gasteiger partial charge is 0.494 e. The normalized spacial score (nSPS) is 53.4. The molecular weight excluding hydrogens is 1410 g/mol. The van der Waals surface area contributed by atoms with Crippen LogP contribution in [0.3, 0.4) is 0 Å². The Morgan fingerprint density at radius 2 is 0.971 bits per heavy atom. The molecule has 8 heterocycles. The summed E-state index contributed by atoms with van der Waals surface area (Å²) in [6.45, 7) is 4.69. The lowest BCUT2D eigenvalue weighted by Crippen LogP contribution is -2.69. The van der Waals surface area contributed by atoms with Crippen LogP contribution in [0.2, 0.25) is 0 Å². The van der Waals surface area contributed by atoms with E-state index in [0.717, 1.165) is 24.2 Å². The van der Waals surface area contributed by atoms with Gasteiger partial charge in [-0.3, -0.25) is 4.79 Å². The summed E-state index contributed by atoms with van der Waals surface area (Å²) in [7, 11) is 0. The first-order valence-electron chi connectivity index (χ1n) is 36.8. The van der Waals surface area contributed by atoms with Crippen molar-refractivity contribution < 1.29 is 183 Å². The maximum atomic E-state index is 15.0. The molecule has 37 heteroatoms. The molecule has 4 aliphatic carbocycles. The van der Waals surface area contributed by atoms with Crippen LogP contribution in [0.1, 0.15) is 92.4 Å². The summed E-state index contributed by atoms with van der Waals surface area (Å²) in [5.74, 6) is 1.30. The van der Waals surface area contributed by atoms with E-state index in [2.05, 4.69) is 20.8 Å². The third-order valence-electron chi connectivity index (χ3n) is 25.3. The smallest absolute Gasteiger partial charge is 0.187 e. The van der Waals surface area contributed by atoms with Crippen LogP contribution < -0.4 is 0 Å². The molecule has 604 valence electrons. The van der Waals surface area contributed by atoms with E-state index in [4.69, 9.17) is 71.1 Å². The number of Topliss-reactive ketones (excluding diaryl/α,β-unsaturated/α-hetero) is 1. The molecule has 4 saturated carbocycles. The zero-order chi connectivity index (χ0) is 75.9. The average molecular weight is 1520 g/mol. The number of ether oxygens (including phenoxy) is 15. The summed E-state index contributed by atoms with van der Waals surface area (Å²) in [4.78, 5) is 15.0. The van der Waals surface area contributed by atoms with Gasteiger partial charge in [-0.25, -0.2) is 0 Å². The molecule has 0 amide bonds. The summed E-state index contributed by atoms with van der Waals surface area (Å²) < 4.78 is 90.6. The second kappa shape index (κ2) is 33.5. The number of ketones is 1. The van der Waals surface area contributed by atoms with Gasteiger partial charge in [0.2, 0.25) is 0 Å². The summed E-state index contributed by atoms with van der Waals surface area (Å²) in [6.07, 6.45) is -57.0. The topological polar surface area (TPSA) is 580 Å². The van der Waals surface area contributed by atoms with E-state index in [-0.39, 0.29) is 59.4 Å². The van der Waals surface area contributed by atoms with Crippen molar-refractivity contribution in [3.8, 4) is 0 Å². The van der Waals surface area contributed by atoms with E-state index < -0.39 is 260 Å². The SMILES string of the molecule is CC1=C(CC[C@@H](C)CO[C@@H]2O[C@H](CO)[C@@H](O)[C@H](O)[C@H]2O)O[C@H]2C[C@H]3[C@@H]4CC[C@H]5C[C@@H](O[C@@H]6O[C@H](CO)[C@H](O[C@@H]7O[C@H](CO)[C@@H](O)[C@H](O[C@@H]8OC[C@@H](O[C@@H]9O[C@@H](C)[C@H](O)[C@@H](O)[C@H]9O)[C@H](O[C@@H]9O[C@H](CO)[C@@H](O)[C@H](O)[C@H]9O)[C@H]8O)[C@H]7O[C@@H]7O[C@H](CO)[C@@H](O)[C@H](O)[C@H]7O)[C@H](O)[C@H]6O)CC[C@]5(C)[C@H]4CC(=O)[C@]3(C)[C@@H]12. The first-order chi connectivity index (χ1) is 49.8. The fraction of sp³-hybridized carbons (Fsp3) is 0.956. The van der Waals surface area contributed by atoms with Crippen LogP contribution in [-0.4, -0.2) is 380 Å². The van der Waals surface area contributed by atoms with Crippen molar-refractivity contribution in [1.82, 2.24) is 0 Å². The molecular formula is C68H110O37. The highest BCUT2D eigenvalue weighted by molar-refractivity contribution is 5.87. The molecule has 105 heavy (non-hydrogen) atoms. The molecule has 0 unspecified atom stereocenters. The third kappa shape index (κ3) is 15.5. The highest BCUT2D eigenvalue weighted by Crippen LogP contribution is 2.69. The second-order valence-electron chi connectivity index (χ2n) is 31.5. The van der Waals surface area contributed by atoms with Gasteiger partial charge in [-0.1, -0.05) is 20.8 Å². The van der Waals surface area contributed by atoms with Crippen molar-refractivity contribution in [3.63, 3.8) is 0 Å². The van der Waals surface area contributed by atoms with Crippen molar-refractivity contribution in [2.75, 3.05) is 46.2 Å². The van der Waals surface area contributed by atoms with E-state index in [0.29, 0.717) is 44.9 Å². The van der Waals surface area contributed by atoms with Crippen LogP contribution in [-0.2, 0) is 75.8 Å². The van der Waals surface area contributed by atoms with Gasteiger partial charge in [-0.15, -0.1) is 0 Å². The van der Waals surface area contributed by atoms with E-state index >= 15 is 0 Å². The van der Waals surface area contributed by atoms with Crippen LogP contribution in [0.25, 0.3) is 0 Å². The monoisotopic (exact) mass is 1520 g/mol. The van der Waals surface area contributed by atoms with Gasteiger partial charge in [0.25, 0.3) is 0 Å². The first-order valence-corrected chi connectivity index (χ1v) is 36.8. The lowest BCUT2D eigenvalue weighted by Gasteiger charge is -2.60. The number of allylic oxidation sites excluding steroid dienone is 1. The molecule has 37 nitrogen and oxygen atoms in total. The molecule has 11 fully saturated rings. The molecule has 0 aromatic heterocycles. The third-order valence-corrected chi connectivity index (χ3v) is 25.3. The van der Waals surface area contributed by atoms with Crippen molar-refractivity contribution in [3.05, 3.63) is 11.3 Å². The number of hydrogen-bond acceptors (Lipinski definition) is 37. The second-order valence-corrected chi connectivity index (χ2v) is 31.5. The average Bonchev–Trinajstić information content (AvgIpc) is 1.55. The Morgan fingerprint density at radius 1 is 0.476 bits per heavy atom. The van der Waals surface area contributed by atoms with Gasteiger partial charge >= 0.3 is 0 Å². The zero-order valence-electron chi connectivity index (χ0n) is 59.0. The number of hydrogen-bond donors (Lipinski definition) is 21. The Bertz CT molecular complexity index is 2880. The molecule has 0 aromatic rings. The number of rotatable bonds is 23. The van der Waals surface area contributed by atoms with Gasteiger partial charge in [0.15, 0.2) is 44.0 Å². The van der Waals surface area contributed by atoms with Gasteiger partial charge in [0.1, 0.15) is 171 Å². The van der Waals surface area contributed by atoms with Crippen LogP contribution in [0, 0.1) is 46.3 Å². The number of aliphatic hydroxyl groups is 21. The predicted molar refractivity (Wildman–Crippen MR) is 341 cm³/mol. The minimum Gasteiger partial charge on any atom is -0.494 e. The van der Waals surface area contributed by atoms with Gasteiger partial charge in [0.05, 0.1) is 64.2 Å². The summed E-state index contributed by atoms with van der Waals surface area (Å²) in [6, 6.07) is 0. The lowest BCUT2D eigenvalue weighted by molar-refractivity contribution is -0.410. The zero-order valence-corrected chi connectivity index (χ0v) is 59.0. The minimum atomic E-state index is -2.25. The first kappa shape index (κ1) is 82.3. The summed E-state index contributed by atoms with van der Waals surface area (Å²) in [5, 5.41) is 228. The number of aliphatic hydroxyl groups excluding tert-OH is 21. The molecule has 7 saturated heterocycles. The highest BCUT2D eigenvalue weighted by atomic mass is 16.8. The maximum Gasteiger partial charge on any atom is 0.187 e. The van der Waals surface area contributed by atoms with E-state index in [1.54, 1.807) is 0 Å². The van der Waals surface area contributed by atoms with Crippen LogP contribution in [0.15, 0.2) is 11.3 Å². The van der Waals surface area contributed by atoms with Crippen molar-refractivity contribution in [2.24, 2.45) is 46.3 Å². The van der Waals surface area contributed by atoms with Crippen LogP contribution in [0.4, 0.5) is 0 Å². The Hall–Kier alpha value is -2.19. The predicted octanol–water partition coefficient (Wildman–Crippen LogP) is -8.69. The molecule has 0 radical (unpaired) electrons. The van der Waals surface area contributed by atoms with Gasteiger partial charge in [0, 0.05) is 24.2 Å². The van der Waals surface area contributed by atoms with Crippen LogP contribution >= 0.6 is 0 Å². The fourth-order valence-electron chi connectivity index (χ4n) is 18.9. The number of carbonyl (C=O) groups is 1. The fourth-order valence-corrected chi connectivity index (χ4v) is 18.9. The maximum absolute atomic E-state index is 15.0. The van der Waals surface area contributed by atoms with Gasteiger partial charge in [-0.05, 0) is 99.4 Å². The Balaban J connectivity index is 0.717. The quantitative estimate of drug-likeness (QED) is 0.0423. The highest BCUT2D eigenvalue weighted by Gasteiger charge is 2.69. The molecule has 0 bridgehead atoms. The molecule has 0 spiro atoms. The van der Waals surface area contributed by atoms with Crippen molar-refractivity contribution in [2.45, 2.75) is 313 Å². The molecule has 8 aliphatic heterocycles. The van der Waals surface area contributed by atoms with Gasteiger partial charge in [-0.2, -0.15) is 0 Å². The van der Waals surface area contributed by atoms with Crippen LogP contribution in [0.5, 0.6) is 0 Å².